The molecular weight excluding hydrogens is 290 g/mol. The summed E-state index contributed by atoms with van der Waals surface area (Å²) in [7, 11) is 0. The molecule has 22 heavy (non-hydrogen) atoms. The van der Waals surface area contributed by atoms with Gasteiger partial charge < -0.3 is 5.11 Å². The van der Waals surface area contributed by atoms with Crippen molar-refractivity contribution in [1.29, 1.82) is 0 Å². The van der Waals surface area contributed by atoms with Gasteiger partial charge in [-0.15, -0.1) is 11.8 Å². The predicted octanol–water partition coefficient (Wildman–Crippen LogP) is 5.57. The lowest BCUT2D eigenvalue weighted by molar-refractivity contribution is 0.474. The van der Waals surface area contributed by atoms with Crippen LogP contribution in [0.2, 0.25) is 0 Å². The van der Waals surface area contributed by atoms with Gasteiger partial charge in [-0.05, 0) is 37.1 Å². The van der Waals surface area contributed by atoms with E-state index in [9.17, 15) is 5.11 Å². The minimum atomic E-state index is 0.267. The normalized spacial score (nSPS) is 16.2. The number of hydrogen-bond donors (Lipinski definition) is 1. The molecule has 0 bridgehead atoms. The molecule has 2 aromatic rings. The zero-order chi connectivity index (χ0) is 15.2. The second-order valence-corrected chi connectivity index (χ2v) is 7.00. The molecule has 0 amide bonds. The van der Waals surface area contributed by atoms with E-state index in [4.69, 9.17) is 0 Å². The maximum atomic E-state index is 9.82. The van der Waals surface area contributed by atoms with E-state index in [1.807, 2.05) is 42.1 Å². The predicted molar refractivity (Wildman–Crippen MR) is 94.5 cm³/mol. The van der Waals surface area contributed by atoms with Crippen LogP contribution in [0.4, 0.5) is 5.69 Å². The Bertz CT molecular complexity index is 647. The molecule has 1 fully saturated rings. The molecule has 1 aliphatic carbocycles. The van der Waals surface area contributed by atoms with Gasteiger partial charge in [0.25, 0.3) is 0 Å². The number of aromatic hydroxyl groups is 1. The summed E-state index contributed by atoms with van der Waals surface area (Å²) in [4.78, 5) is 5.83. The molecule has 3 heteroatoms. The summed E-state index contributed by atoms with van der Waals surface area (Å²) in [6.07, 6.45) is 8.44. The smallest absolute Gasteiger partial charge is 0.124 e. The van der Waals surface area contributed by atoms with Gasteiger partial charge in [0, 0.05) is 21.9 Å². The Morgan fingerprint density at radius 3 is 2.50 bits per heavy atom. The average Bonchev–Trinajstić information content (AvgIpc) is 2.56. The van der Waals surface area contributed by atoms with Crippen LogP contribution < -0.4 is 0 Å². The summed E-state index contributed by atoms with van der Waals surface area (Å²) in [5, 5.41) is 10.5. The van der Waals surface area contributed by atoms with Gasteiger partial charge in [0.1, 0.15) is 5.75 Å². The van der Waals surface area contributed by atoms with Crippen LogP contribution in [0, 0.1) is 0 Å². The number of nitrogens with zero attached hydrogens (tertiary/aromatic N) is 1. The first-order valence-electron chi connectivity index (χ1n) is 7.91. The van der Waals surface area contributed by atoms with Crippen molar-refractivity contribution in [2.45, 2.75) is 42.2 Å². The number of thioether (sulfide) groups is 1. The third kappa shape index (κ3) is 3.92. The fourth-order valence-corrected chi connectivity index (χ4v) is 4.09. The summed E-state index contributed by atoms with van der Waals surface area (Å²) in [6, 6.07) is 15.6. The van der Waals surface area contributed by atoms with Gasteiger partial charge in [-0.25, -0.2) is 0 Å². The zero-order valence-corrected chi connectivity index (χ0v) is 13.4. The first kappa shape index (κ1) is 15.2. The van der Waals surface area contributed by atoms with Crippen molar-refractivity contribution in [3.05, 3.63) is 54.1 Å². The molecule has 0 saturated heterocycles. The monoisotopic (exact) mass is 311 g/mol. The van der Waals surface area contributed by atoms with Crippen LogP contribution in [-0.4, -0.2) is 16.6 Å². The van der Waals surface area contributed by atoms with E-state index in [1.165, 1.54) is 37.0 Å². The summed E-state index contributed by atoms with van der Waals surface area (Å²) in [5.41, 5.74) is 1.74. The highest BCUT2D eigenvalue weighted by Gasteiger charge is 2.15. The third-order valence-corrected chi connectivity index (χ3v) is 5.39. The Hall–Kier alpha value is -1.74. The van der Waals surface area contributed by atoms with Crippen LogP contribution in [0.3, 0.4) is 0 Å². The van der Waals surface area contributed by atoms with Crippen molar-refractivity contribution >= 4 is 23.7 Å². The Morgan fingerprint density at radius 2 is 1.68 bits per heavy atom. The van der Waals surface area contributed by atoms with Gasteiger partial charge in [0.15, 0.2) is 0 Å². The number of phenolic OH excluding ortho intramolecular Hbond substituents is 1. The fraction of sp³-hybridized carbons (Fsp3) is 0.316. The molecule has 0 heterocycles. The van der Waals surface area contributed by atoms with Crippen LogP contribution in [0.15, 0.2) is 58.4 Å². The van der Waals surface area contributed by atoms with Crippen molar-refractivity contribution in [3.63, 3.8) is 0 Å². The molecule has 0 unspecified atom stereocenters. The molecular formula is C19H21NOS. The first-order chi connectivity index (χ1) is 10.8. The number of benzene rings is 2. The molecule has 1 N–H and O–H groups in total. The van der Waals surface area contributed by atoms with E-state index in [-0.39, 0.29) is 5.75 Å². The van der Waals surface area contributed by atoms with E-state index in [0.29, 0.717) is 0 Å². The topological polar surface area (TPSA) is 32.6 Å². The maximum absolute atomic E-state index is 9.82. The van der Waals surface area contributed by atoms with Gasteiger partial charge in [-0.2, -0.15) is 0 Å². The van der Waals surface area contributed by atoms with Crippen LogP contribution in [-0.2, 0) is 0 Å². The second-order valence-electron chi connectivity index (χ2n) is 5.66. The second kappa shape index (κ2) is 7.50. The number of para-hydroxylation sites is 2. The standard InChI is InChI=1S/C19H21NOS/c21-18-12-6-4-8-15(18)14-20-17-11-5-7-13-19(17)22-16-9-2-1-3-10-16/h4-8,11-14,16,21H,1-3,9-10H2. The lowest BCUT2D eigenvalue weighted by atomic mass is 10.0. The van der Waals surface area contributed by atoms with Crippen molar-refractivity contribution in [1.82, 2.24) is 0 Å². The molecule has 1 aliphatic rings. The van der Waals surface area contributed by atoms with Gasteiger partial charge in [0.05, 0.1) is 5.69 Å². The van der Waals surface area contributed by atoms with Crippen LogP contribution in [0.1, 0.15) is 37.7 Å². The van der Waals surface area contributed by atoms with Gasteiger partial charge in [0.2, 0.25) is 0 Å². The molecule has 0 spiro atoms. The number of aliphatic imine (C=N–C) groups is 1. The molecule has 2 aromatic carbocycles. The van der Waals surface area contributed by atoms with Crippen molar-refractivity contribution in [2.75, 3.05) is 0 Å². The zero-order valence-electron chi connectivity index (χ0n) is 12.6. The van der Waals surface area contributed by atoms with E-state index in [1.54, 1.807) is 12.3 Å². The van der Waals surface area contributed by atoms with Crippen molar-refractivity contribution < 1.29 is 5.11 Å². The fourth-order valence-electron chi connectivity index (χ4n) is 2.76. The lowest BCUT2D eigenvalue weighted by Gasteiger charge is -2.21. The highest BCUT2D eigenvalue weighted by molar-refractivity contribution is 8.00. The Kier molecular flexibility index (Phi) is 5.17. The van der Waals surface area contributed by atoms with Gasteiger partial charge >= 0.3 is 0 Å². The van der Waals surface area contributed by atoms with E-state index in [2.05, 4.69) is 17.1 Å². The Balaban J connectivity index is 1.77. The molecule has 1 saturated carbocycles. The quantitative estimate of drug-likeness (QED) is 0.749. The van der Waals surface area contributed by atoms with Crippen molar-refractivity contribution in [2.24, 2.45) is 4.99 Å². The molecule has 0 aromatic heterocycles. The minimum absolute atomic E-state index is 0.267. The summed E-state index contributed by atoms with van der Waals surface area (Å²) >= 11 is 1.95. The van der Waals surface area contributed by atoms with E-state index >= 15 is 0 Å². The number of hydrogen-bond acceptors (Lipinski definition) is 3. The number of rotatable bonds is 4. The summed E-state index contributed by atoms with van der Waals surface area (Å²) in [5.74, 6) is 0.267. The van der Waals surface area contributed by atoms with Crippen LogP contribution in [0.25, 0.3) is 0 Å². The van der Waals surface area contributed by atoms with Crippen LogP contribution in [0.5, 0.6) is 5.75 Å². The maximum Gasteiger partial charge on any atom is 0.124 e. The lowest BCUT2D eigenvalue weighted by Crippen LogP contribution is -2.07. The van der Waals surface area contributed by atoms with Gasteiger partial charge in [-0.3, -0.25) is 4.99 Å². The summed E-state index contributed by atoms with van der Waals surface area (Å²) < 4.78 is 0. The number of phenols is 1. The van der Waals surface area contributed by atoms with Gasteiger partial charge in [-0.1, -0.05) is 43.5 Å². The molecule has 114 valence electrons. The molecule has 0 atom stereocenters. The summed E-state index contributed by atoms with van der Waals surface area (Å²) in [6.45, 7) is 0. The van der Waals surface area contributed by atoms with E-state index < -0.39 is 0 Å². The van der Waals surface area contributed by atoms with E-state index in [0.717, 1.165) is 16.5 Å². The molecule has 2 nitrogen and oxygen atoms in total. The van der Waals surface area contributed by atoms with Crippen molar-refractivity contribution in [3.8, 4) is 5.75 Å². The highest BCUT2D eigenvalue weighted by atomic mass is 32.2. The average molecular weight is 311 g/mol. The SMILES string of the molecule is Oc1ccccc1C=Nc1ccccc1SC1CCCCC1. The third-order valence-electron chi connectivity index (χ3n) is 3.99. The largest absolute Gasteiger partial charge is 0.507 e. The molecule has 0 radical (unpaired) electrons. The first-order valence-corrected chi connectivity index (χ1v) is 8.78. The highest BCUT2D eigenvalue weighted by Crippen LogP contribution is 2.38. The minimum Gasteiger partial charge on any atom is -0.507 e. The molecule has 3 rings (SSSR count). The Labute approximate surface area is 136 Å². The van der Waals surface area contributed by atoms with Crippen LogP contribution >= 0.6 is 11.8 Å². The Morgan fingerprint density at radius 1 is 0.955 bits per heavy atom. The molecule has 0 aliphatic heterocycles.